The Bertz CT molecular complexity index is 637. The van der Waals surface area contributed by atoms with Crippen molar-refractivity contribution < 1.29 is 19.2 Å². The van der Waals surface area contributed by atoms with E-state index in [4.69, 9.17) is 9.57 Å². The molecule has 5 nitrogen and oxygen atoms in total. The number of anilines is 1. The Morgan fingerprint density at radius 1 is 0.955 bits per heavy atom. The van der Waals surface area contributed by atoms with Crippen LogP contribution < -0.4 is 5.48 Å². The molecule has 0 aliphatic rings. The molecule has 1 N–H and O–H groups in total. The molecule has 2 aromatic carbocycles. The molecule has 0 aliphatic heterocycles. The molecule has 0 heterocycles. The number of hydrogen-bond acceptors (Lipinski definition) is 5. The molecule has 2 rings (SSSR count). The predicted molar refractivity (Wildman–Crippen MR) is 82.7 cm³/mol. The lowest BCUT2D eigenvalue weighted by atomic mass is 10.1. The molecule has 2 aromatic rings. The van der Waals surface area contributed by atoms with Gasteiger partial charge in [0, 0.05) is 5.56 Å². The third-order valence-electron chi connectivity index (χ3n) is 3.05. The minimum absolute atomic E-state index is 0.230. The molecule has 1 atom stereocenters. The summed E-state index contributed by atoms with van der Waals surface area (Å²) < 4.78 is 5.21. The van der Waals surface area contributed by atoms with Gasteiger partial charge in [-0.05, 0) is 31.2 Å². The topological polar surface area (TPSA) is 64.6 Å². The molecule has 1 unspecified atom stereocenters. The van der Waals surface area contributed by atoms with Crippen molar-refractivity contribution in [3.05, 3.63) is 65.7 Å². The Hall–Kier alpha value is -2.66. The highest BCUT2D eigenvalue weighted by Crippen LogP contribution is 2.13. The SMILES string of the molecule is CONc1ccc(C(=O)OC(C)C(=O)c2ccccc2)cc1. The molecule has 0 aromatic heterocycles. The van der Waals surface area contributed by atoms with Crippen molar-refractivity contribution >= 4 is 17.4 Å². The van der Waals surface area contributed by atoms with Crippen molar-refractivity contribution in [1.82, 2.24) is 0 Å². The zero-order valence-electron chi connectivity index (χ0n) is 12.4. The van der Waals surface area contributed by atoms with Crippen LogP contribution in [-0.2, 0) is 9.57 Å². The Kier molecular flexibility index (Phi) is 5.27. The van der Waals surface area contributed by atoms with E-state index >= 15 is 0 Å². The number of benzene rings is 2. The van der Waals surface area contributed by atoms with Crippen LogP contribution in [0.3, 0.4) is 0 Å². The zero-order chi connectivity index (χ0) is 15.9. The maximum atomic E-state index is 12.1. The minimum Gasteiger partial charge on any atom is -0.451 e. The first kappa shape index (κ1) is 15.7. The van der Waals surface area contributed by atoms with Crippen LogP contribution in [0.4, 0.5) is 5.69 Å². The highest BCUT2D eigenvalue weighted by Gasteiger charge is 2.20. The molecule has 0 radical (unpaired) electrons. The quantitative estimate of drug-likeness (QED) is 0.504. The number of hydrogen-bond donors (Lipinski definition) is 1. The third kappa shape index (κ3) is 3.93. The molecule has 114 valence electrons. The first-order valence-electron chi connectivity index (χ1n) is 6.81. The molecule has 0 bridgehead atoms. The summed E-state index contributed by atoms with van der Waals surface area (Å²) in [6.07, 6.45) is -0.841. The van der Waals surface area contributed by atoms with Gasteiger partial charge in [-0.2, -0.15) is 0 Å². The Morgan fingerprint density at radius 3 is 2.18 bits per heavy atom. The summed E-state index contributed by atoms with van der Waals surface area (Å²) in [4.78, 5) is 28.9. The summed E-state index contributed by atoms with van der Waals surface area (Å²) in [7, 11) is 1.50. The van der Waals surface area contributed by atoms with Gasteiger partial charge in [0.15, 0.2) is 6.10 Å². The zero-order valence-corrected chi connectivity index (χ0v) is 12.4. The fourth-order valence-corrected chi connectivity index (χ4v) is 1.91. The highest BCUT2D eigenvalue weighted by molar-refractivity contribution is 6.01. The second-order valence-electron chi connectivity index (χ2n) is 4.66. The molecule has 0 fully saturated rings. The number of ether oxygens (including phenoxy) is 1. The number of carbonyl (C=O) groups excluding carboxylic acids is 2. The van der Waals surface area contributed by atoms with Crippen molar-refractivity contribution in [2.24, 2.45) is 0 Å². The lowest BCUT2D eigenvalue weighted by Gasteiger charge is -2.12. The van der Waals surface area contributed by atoms with E-state index in [-0.39, 0.29) is 5.78 Å². The first-order valence-corrected chi connectivity index (χ1v) is 6.81. The molecule has 0 aliphatic carbocycles. The van der Waals surface area contributed by atoms with E-state index in [2.05, 4.69) is 5.48 Å². The van der Waals surface area contributed by atoms with Gasteiger partial charge in [-0.25, -0.2) is 4.79 Å². The Morgan fingerprint density at radius 2 is 1.59 bits per heavy atom. The van der Waals surface area contributed by atoms with Crippen LogP contribution >= 0.6 is 0 Å². The molecule has 0 saturated heterocycles. The van der Waals surface area contributed by atoms with Crippen molar-refractivity contribution in [3.8, 4) is 0 Å². The van der Waals surface area contributed by atoms with Gasteiger partial charge >= 0.3 is 5.97 Å². The van der Waals surface area contributed by atoms with E-state index in [9.17, 15) is 9.59 Å². The monoisotopic (exact) mass is 299 g/mol. The van der Waals surface area contributed by atoms with Crippen molar-refractivity contribution in [2.45, 2.75) is 13.0 Å². The maximum Gasteiger partial charge on any atom is 0.338 e. The molecule has 0 amide bonds. The summed E-state index contributed by atoms with van der Waals surface area (Å²) in [6, 6.07) is 15.3. The number of carbonyl (C=O) groups is 2. The maximum absolute atomic E-state index is 12.1. The smallest absolute Gasteiger partial charge is 0.338 e. The van der Waals surface area contributed by atoms with Crippen LogP contribution in [0.1, 0.15) is 27.6 Å². The van der Waals surface area contributed by atoms with Gasteiger partial charge in [0.1, 0.15) is 0 Å². The van der Waals surface area contributed by atoms with Crippen LogP contribution in [0.2, 0.25) is 0 Å². The second-order valence-corrected chi connectivity index (χ2v) is 4.66. The van der Waals surface area contributed by atoms with Crippen molar-refractivity contribution in [2.75, 3.05) is 12.6 Å². The summed E-state index contributed by atoms with van der Waals surface area (Å²) in [5, 5.41) is 0. The van der Waals surface area contributed by atoms with Gasteiger partial charge in [-0.15, -0.1) is 0 Å². The average molecular weight is 299 g/mol. The van der Waals surface area contributed by atoms with Crippen LogP contribution in [0.15, 0.2) is 54.6 Å². The lowest BCUT2D eigenvalue weighted by Crippen LogP contribution is -2.24. The molecular weight excluding hydrogens is 282 g/mol. The number of ketones is 1. The van der Waals surface area contributed by atoms with E-state index < -0.39 is 12.1 Å². The standard InChI is InChI=1S/C17H17NO4/c1-12(16(19)13-6-4-3-5-7-13)22-17(20)14-8-10-15(11-9-14)18-21-2/h3-12,18H,1-2H3. The number of esters is 1. The number of Topliss-reactive ketones (excluding diaryl/α,β-unsaturated/α-hetero) is 1. The van der Waals surface area contributed by atoms with Crippen LogP contribution in [0, 0.1) is 0 Å². The normalized spacial score (nSPS) is 11.5. The van der Waals surface area contributed by atoms with E-state index in [1.54, 1.807) is 55.5 Å². The fourth-order valence-electron chi connectivity index (χ4n) is 1.91. The van der Waals surface area contributed by atoms with Crippen LogP contribution in [-0.4, -0.2) is 25.0 Å². The van der Waals surface area contributed by atoms with Crippen LogP contribution in [0.5, 0.6) is 0 Å². The van der Waals surface area contributed by atoms with Crippen molar-refractivity contribution in [1.29, 1.82) is 0 Å². The van der Waals surface area contributed by atoms with Gasteiger partial charge in [-0.3, -0.25) is 15.1 Å². The second kappa shape index (κ2) is 7.38. The highest BCUT2D eigenvalue weighted by atomic mass is 16.6. The van der Waals surface area contributed by atoms with E-state index in [0.29, 0.717) is 16.8 Å². The predicted octanol–water partition coefficient (Wildman–Crippen LogP) is 3.09. The van der Waals surface area contributed by atoms with Crippen molar-refractivity contribution in [3.63, 3.8) is 0 Å². The van der Waals surface area contributed by atoms with Gasteiger partial charge in [0.25, 0.3) is 0 Å². The fraction of sp³-hybridized carbons (Fsp3) is 0.176. The van der Waals surface area contributed by atoms with Gasteiger partial charge in [0.2, 0.25) is 5.78 Å². The Balaban J connectivity index is 2.00. The summed E-state index contributed by atoms with van der Waals surface area (Å²) in [5.74, 6) is -0.771. The number of nitrogens with one attached hydrogen (secondary N) is 1. The first-order chi connectivity index (χ1) is 10.6. The van der Waals surface area contributed by atoms with E-state index in [0.717, 1.165) is 0 Å². The molecule has 5 heteroatoms. The summed E-state index contributed by atoms with van der Waals surface area (Å²) in [5.41, 5.74) is 4.25. The number of rotatable bonds is 6. The Labute approximate surface area is 128 Å². The largest absolute Gasteiger partial charge is 0.451 e. The van der Waals surface area contributed by atoms with Gasteiger partial charge < -0.3 is 4.74 Å². The lowest BCUT2D eigenvalue weighted by molar-refractivity contribution is 0.0319. The van der Waals surface area contributed by atoms with E-state index in [1.165, 1.54) is 7.11 Å². The molecule has 0 saturated carbocycles. The van der Waals surface area contributed by atoms with Gasteiger partial charge in [-0.1, -0.05) is 30.3 Å². The minimum atomic E-state index is -0.841. The molecule has 22 heavy (non-hydrogen) atoms. The van der Waals surface area contributed by atoms with Crippen LogP contribution in [0.25, 0.3) is 0 Å². The summed E-state index contributed by atoms with van der Waals surface area (Å²) in [6.45, 7) is 1.56. The average Bonchev–Trinajstić information content (AvgIpc) is 2.55. The molecule has 0 spiro atoms. The van der Waals surface area contributed by atoms with Gasteiger partial charge in [0.05, 0.1) is 18.4 Å². The third-order valence-corrected chi connectivity index (χ3v) is 3.05. The summed E-state index contributed by atoms with van der Waals surface area (Å²) >= 11 is 0. The molecular formula is C17H17NO4. The van der Waals surface area contributed by atoms with E-state index in [1.807, 2.05) is 6.07 Å².